The van der Waals surface area contributed by atoms with Crippen LogP contribution in [0.5, 0.6) is 0 Å². The van der Waals surface area contributed by atoms with Gasteiger partial charge >= 0.3 is 0 Å². The van der Waals surface area contributed by atoms with Crippen LogP contribution in [0.15, 0.2) is 24.3 Å². The number of rotatable bonds is 8. The molecule has 20 heavy (non-hydrogen) atoms. The van der Waals surface area contributed by atoms with Crippen LogP contribution < -0.4 is 16.0 Å². The predicted molar refractivity (Wildman–Crippen MR) is 81.7 cm³/mol. The largest absolute Gasteiger partial charge is 0.383 e. The van der Waals surface area contributed by atoms with Crippen LogP contribution in [0, 0.1) is 0 Å². The first-order valence-electron chi connectivity index (χ1n) is 6.96. The molecule has 0 aliphatic rings. The van der Waals surface area contributed by atoms with Crippen LogP contribution in [-0.2, 0) is 16.1 Å². The molecule has 1 aromatic rings. The fourth-order valence-corrected chi connectivity index (χ4v) is 2.07. The second-order valence-electron chi connectivity index (χ2n) is 4.62. The van der Waals surface area contributed by atoms with E-state index >= 15 is 0 Å². The number of benzene rings is 1. The maximum Gasteiger partial charge on any atom is 0.242 e. The molecule has 1 aromatic carbocycles. The van der Waals surface area contributed by atoms with Gasteiger partial charge in [0.05, 0.1) is 6.61 Å². The van der Waals surface area contributed by atoms with Gasteiger partial charge < -0.3 is 20.7 Å². The van der Waals surface area contributed by atoms with E-state index in [4.69, 9.17) is 10.5 Å². The van der Waals surface area contributed by atoms with Crippen LogP contribution in [-0.4, -0.2) is 38.8 Å². The smallest absolute Gasteiger partial charge is 0.242 e. The fourth-order valence-electron chi connectivity index (χ4n) is 2.07. The van der Waals surface area contributed by atoms with Crippen LogP contribution in [0.4, 0.5) is 5.69 Å². The minimum Gasteiger partial charge on any atom is -0.383 e. The number of carbonyl (C=O) groups excluding carboxylic acids is 1. The molecule has 0 heterocycles. The van der Waals surface area contributed by atoms with Crippen molar-refractivity contribution >= 4 is 11.6 Å². The average Bonchev–Trinajstić information content (AvgIpc) is 2.48. The number of amides is 1. The van der Waals surface area contributed by atoms with Crippen molar-refractivity contribution < 1.29 is 9.53 Å². The molecule has 0 aliphatic carbocycles. The quantitative estimate of drug-likeness (QED) is 0.700. The Morgan fingerprint density at radius 2 is 2.05 bits per heavy atom. The predicted octanol–water partition coefficient (Wildman–Crippen LogP) is 1.12. The number of methoxy groups -OCH3 is 1. The molecule has 0 aromatic heterocycles. The van der Waals surface area contributed by atoms with Crippen molar-refractivity contribution in [1.29, 1.82) is 0 Å². The molecule has 1 atom stereocenters. The molecule has 0 radical (unpaired) electrons. The van der Waals surface area contributed by atoms with Crippen LogP contribution >= 0.6 is 0 Å². The van der Waals surface area contributed by atoms with Gasteiger partial charge in [-0.05, 0) is 31.5 Å². The molecule has 1 unspecified atom stereocenters. The number of nitrogens with zero attached hydrogens (tertiary/aromatic N) is 1. The fraction of sp³-hybridized carbons (Fsp3) is 0.533. The van der Waals surface area contributed by atoms with E-state index < -0.39 is 0 Å². The highest BCUT2D eigenvalue weighted by Crippen LogP contribution is 2.17. The van der Waals surface area contributed by atoms with Crippen LogP contribution in [0.1, 0.15) is 19.4 Å². The maximum atomic E-state index is 12.1. The molecule has 0 spiro atoms. The lowest BCUT2D eigenvalue weighted by Crippen LogP contribution is -2.46. The number of hydrogen-bond acceptors (Lipinski definition) is 4. The average molecular weight is 279 g/mol. The lowest BCUT2D eigenvalue weighted by Gasteiger charge is -2.29. The van der Waals surface area contributed by atoms with Gasteiger partial charge in [-0.3, -0.25) is 4.79 Å². The van der Waals surface area contributed by atoms with Crippen molar-refractivity contribution in [2.75, 3.05) is 31.7 Å². The summed E-state index contributed by atoms with van der Waals surface area (Å²) < 4.78 is 4.93. The third-order valence-corrected chi connectivity index (χ3v) is 3.30. The molecule has 0 aliphatic heterocycles. The SMILES string of the molecule is CCN(c1ccc(CN)cc1)C(C)C(=O)NCCOC. The Morgan fingerprint density at radius 1 is 1.40 bits per heavy atom. The molecular formula is C15H25N3O2. The number of nitrogens with two attached hydrogens (primary N) is 1. The van der Waals surface area contributed by atoms with Crippen molar-refractivity contribution in [3.63, 3.8) is 0 Å². The van der Waals surface area contributed by atoms with E-state index in [-0.39, 0.29) is 11.9 Å². The molecule has 5 nitrogen and oxygen atoms in total. The highest BCUT2D eigenvalue weighted by molar-refractivity contribution is 5.84. The summed E-state index contributed by atoms with van der Waals surface area (Å²) in [5, 5.41) is 2.86. The molecule has 1 rings (SSSR count). The first-order valence-corrected chi connectivity index (χ1v) is 6.96. The van der Waals surface area contributed by atoms with Gasteiger partial charge in [0.2, 0.25) is 5.91 Å². The zero-order chi connectivity index (χ0) is 15.0. The second-order valence-corrected chi connectivity index (χ2v) is 4.62. The molecule has 0 fully saturated rings. The van der Waals surface area contributed by atoms with E-state index in [9.17, 15) is 4.79 Å². The first kappa shape index (κ1) is 16.5. The molecule has 0 saturated heterocycles. The minimum atomic E-state index is -0.222. The summed E-state index contributed by atoms with van der Waals surface area (Å²) in [7, 11) is 1.62. The first-order chi connectivity index (χ1) is 9.63. The van der Waals surface area contributed by atoms with E-state index in [1.54, 1.807) is 7.11 Å². The number of carbonyl (C=O) groups is 1. The van der Waals surface area contributed by atoms with Crippen LogP contribution in [0.3, 0.4) is 0 Å². The van der Waals surface area contributed by atoms with E-state index in [0.29, 0.717) is 19.7 Å². The maximum absolute atomic E-state index is 12.1. The van der Waals surface area contributed by atoms with Crippen LogP contribution in [0.2, 0.25) is 0 Å². The molecular weight excluding hydrogens is 254 g/mol. The zero-order valence-corrected chi connectivity index (χ0v) is 12.6. The molecule has 5 heteroatoms. The summed E-state index contributed by atoms with van der Waals surface area (Å²) >= 11 is 0. The van der Waals surface area contributed by atoms with Gasteiger partial charge in [-0.1, -0.05) is 12.1 Å². The highest BCUT2D eigenvalue weighted by atomic mass is 16.5. The lowest BCUT2D eigenvalue weighted by atomic mass is 10.1. The Hall–Kier alpha value is -1.59. The summed E-state index contributed by atoms with van der Waals surface area (Å²) in [6, 6.07) is 7.77. The third kappa shape index (κ3) is 4.51. The van der Waals surface area contributed by atoms with Crippen molar-refractivity contribution in [1.82, 2.24) is 5.32 Å². The van der Waals surface area contributed by atoms with Gasteiger partial charge in [-0.15, -0.1) is 0 Å². The summed E-state index contributed by atoms with van der Waals surface area (Å²) in [5.41, 5.74) is 7.71. The van der Waals surface area contributed by atoms with E-state index in [0.717, 1.165) is 17.8 Å². The number of likely N-dealkylation sites (N-methyl/N-ethyl adjacent to an activating group) is 1. The Bertz CT molecular complexity index is 406. The van der Waals surface area contributed by atoms with Crippen molar-refractivity contribution in [2.24, 2.45) is 5.73 Å². The Labute approximate surface area is 121 Å². The molecule has 1 amide bonds. The topological polar surface area (TPSA) is 67.6 Å². The van der Waals surface area contributed by atoms with Gasteiger partial charge in [-0.25, -0.2) is 0 Å². The second kappa shape index (κ2) is 8.55. The Balaban J connectivity index is 2.70. The van der Waals surface area contributed by atoms with Crippen molar-refractivity contribution in [2.45, 2.75) is 26.4 Å². The van der Waals surface area contributed by atoms with E-state index in [1.807, 2.05) is 38.1 Å². The van der Waals surface area contributed by atoms with Crippen molar-refractivity contribution in [3.8, 4) is 0 Å². The van der Waals surface area contributed by atoms with Gasteiger partial charge in [0.25, 0.3) is 0 Å². The molecule has 0 saturated carbocycles. The van der Waals surface area contributed by atoms with Gasteiger partial charge in [-0.2, -0.15) is 0 Å². The van der Waals surface area contributed by atoms with E-state index in [1.165, 1.54) is 0 Å². The minimum absolute atomic E-state index is 0.00630. The van der Waals surface area contributed by atoms with Gasteiger partial charge in [0.15, 0.2) is 0 Å². The van der Waals surface area contributed by atoms with Crippen LogP contribution in [0.25, 0.3) is 0 Å². The van der Waals surface area contributed by atoms with Gasteiger partial charge in [0.1, 0.15) is 6.04 Å². The van der Waals surface area contributed by atoms with Crippen molar-refractivity contribution in [3.05, 3.63) is 29.8 Å². The Morgan fingerprint density at radius 3 is 2.55 bits per heavy atom. The summed E-state index contributed by atoms with van der Waals surface area (Å²) in [4.78, 5) is 14.1. The lowest BCUT2D eigenvalue weighted by molar-refractivity contribution is -0.122. The summed E-state index contributed by atoms with van der Waals surface area (Å²) in [5.74, 6) is 0.00630. The summed E-state index contributed by atoms with van der Waals surface area (Å²) in [6.07, 6.45) is 0. The summed E-state index contributed by atoms with van der Waals surface area (Å²) in [6.45, 7) is 6.29. The number of nitrogens with one attached hydrogen (secondary N) is 1. The monoisotopic (exact) mass is 279 g/mol. The number of anilines is 1. The number of ether oxygens (including phenoxy) is 1. The molecule has 112 valence electrons. The standard InChI is InChI=1S/C15H25N3O2/c1-4-18(12(2)15(19)17-9-10-20-3)14-7-5-13(11-16)6-8-14/h5-8,12H,4,9-11,16H2,1-3H3,(H,17,19). The molecule has 3 N–H and O–H groups in total. The highest BCUT2D eigenvalue weighted by Gasteiger charge is 2.19. The molecule has 0 bridgehead atoms. The van der Waals surface area contributed by atoms with Gasteiger partial charge in [0, 0.05) is 32.4 Å². The Kier molecular flexibility index (Phi) is 7.04. The third-order valence-electron chi connectivity index (χ3n) is 3.30. The normalized spacial score (nSPS) is 12.0. The zero-order valence-electron chi connectivity index (χ0n) is 12.6. The van der Waals surface area contributed by atoms with E-state index in [2.05, 4.69) is 10.2 Å². The number of hydrogen-bond donors (Lipinski definition) is 2.